The van der Waals surface area contributed by atoms with Crippen LogP contribution in [0.25, 0.3) is 16.9 Å². The number of aryl methyl sites for hydroxylation is 1. The number of nitrogens with one attached hydrogen (secondary N) is 2. The third-order valence-corrected chi connectivity index (χ3v) is 6.88. The van der Waals surface area contributed by atoms with Crippen molar-refractivity contribution in [2.75, 3.05) is 11.9 Å². The maximum Gasteiger partial charge on any atom is 0.390 e. The van der Waals surface area contributed by atoms with Crippen molar-refractivity contribution in [1.82, 2.24) is 19.9 Å². The third-order valence-electron chi connectivity index (χ3n) is 6.88. The predicted molar refractivity (Wildman–Crippen MR) is 140 cm³/mol. The zero-order valence-corrected chi connectivity index (χ0v) is 21.7. The first kappa shape index (κ1) is 27.4. The summed E-state index contributed by atoms with van der Waals surface area (Å²) in [4.78, 5) is 16.9. The molecule has 2 heterocycles. The van der Waals surface area contributed by atoms with Crippen LogP contribution in [0.3, 0.4) is 0 Å². The summed E-state index contributed by atoms with van der Waals surface area (Å²) >= 11 is 0. The number of fused-ring (bicyclic) bond motifs is 1. The molecule has 0 radical (unpaired) electrons. The van der Waals surface area contributed by atoms with Gasteiger partial charge < -0.3 is 20.8 Å². The van der Waals surface area contributed by atoms with Gasteiger partial charge in [-0.15, -0.1) is 0 Å². The lowest BCUT2D eigenvalue weighted by Gasteiger charge is -2.25. The van der Waals surface area contributed by atoms with E-state index < -0.39 is 36.3 Å². The van der Waals surface area contributed by atoms with Crippen LogP contribution in [0.2, 0.25) is 0 Å². The van der Waals surface area contributed by atoms with Crippen molar-refractivity contribution in [2.45, 2.75) is 50.9 Å². The van der Waals surface area contributed by atoms with Gasteiger partial charge in [0.2, 0.25) is 0 Å². The first-order valence-corrected chi connectivity index (χ1v) is 12.7. The number of amides is 1. The van der Waals surface area contributed by atoms with Crippen LogP contribution in [0, 0.1) is 12.7 Å². The van der Waals surface area contributed by atoms with Gasteiger partial charge in [-0.2, -0.15) is 18.3 Å². The Hall–Kier alpha value is -4.19. The Labute approximate surface area is 226 Å². The van der Waals surface area contributed by atoms with E-state index in [2.05, 4.69) is 20.7 Å². The molecule has 2 aromatic carbocycles. The maximum atomic E-state index is 14.1. The molecule has 0 spiro atoms. The number of halogens is 4. The second-order valence-corrected chi connectivity index (χ2v) is 10.1. The van der Waals surface area contributed by atoms with Crippen LogP contribution >= 0.6 is 0 Å². The lowest BCUT2D eigenvalue weighted by Crippen LogP contribution is -2.26. The molecule has 1 amide bonds. The molecule has 12 heteroatoms. The number of imidazole rings is 1. The number of aromatic hydroxyl groups is 1. The average Bonchev–Trinajstić information content (AvgIpc) is 3.59. The minimum absolute atomic E-state index is 0.0770. The Morgan fingerprint density at radius 2 is 1.93 bits per heavy atom. The van der Waals surface area contributed by atoms with Gasteiger partial charge in [-0.3, -0.25) is 4.79 Å². The van der Waals surface area contributed by atoms with Crippen molar-refractivity contribution in [3.05, 3.63) is 76.9 Å². The summed E-state index contributed by atoms with van der Waals surface area (Å²) in [5, 5.41) is 31.9. The number of rotatable bonds is 8. The van der Waals surface area contributed by atoms with E-state index in [1.165, 1.54) is 35.8 Å². The quantitative estimate of drug-likeness (QED) is 0.225. The van der Waals surface area contributed by atoms with Crippen molar-refractivity contribution in [3.63, 3.8) is 0 Å². The Morgan fingerprint density at radius 1 is 1.18 bits per heavy atom. The lowest BCUT2D eigenvalue weighted by atomic mass is 9.91. The molecule has 1 fully saturated rings. The SMILES string of the molecule is Cc1cc(-c2cnc3c(NCCC(F)(F)F)cc(C(C)(O)c4cccc(F)c4O)nn23)ccc1C(=O)NC1CC1. The standard InChI is InChI=1S/C28H27F4N5O3/c1-15-12-16(6-9-18(15)26(39)35-17-7-8-17)22-14-34-25-21(33-11-10-28(30,31)32)13-23(36-37(22)25)27(2,40)19-4-3-5-20(29)24(19)38/h3-6,9,12-14,17,33,38,40H,7-8,10-11H2,1-2H3,(H,35,39). The highest BCUT2D eigenvalue weighted by Crippen LogP contribution is 2.37. The van der Waals surface area contributed by atoms with Crippen LogP contribution in [-0.2, 0) is 5.60 Å². The lowest BCUT2D eigenvalue weighted by molar-refractivity contribution is -0.131. The fourth-order valence-electron chi connectivity index (χ4n) is 4.49. The van der Waals surface area contributed by atoms with E-state index in [1.54, 1.807) is 25.1 Å². The summed E-state index contributed by atoms with van der Waals surface area (Å²) < 4.78 is 54.1. The Kier molecular flexibility index (Phi) is 6.90. The minimum atomic E-state index is -4.40. The van der Waals surface area contributed by atoms with Gasteiger partial charge in [-0.25, -0.2) is 13.9 Å². The van der Waals surface area contributed by atoms with Crippen LogP contribution in [0.1, 0.15) is 53.4 Å². The number of anilines is 1. The maximum absolute atomic E-state index is 14.1. The molecule has 210 valence electrons. The van der Waals surface area contributed by atoms with E-state index in [9.17, 15) is 32.6 Å². The number of hydrogen-bond donors (Lipinski definition) is 4. The van der Waals surface area contributed by atoms with E-state index >= 15 is 0 Å². The third kappa shape index (κ3) is 5.44. The van der Waals surface area contributed by atoms with E-state index in [-0.39, 0.29) is 34.5 Å². The number of carbonyl (C=O) groups excluding carboxylic acids is 1. The van der Waals surface area contributed by atoms with E-state index in [0.717, 1.165) is 18.9 Å². The van der Waals surface area contributed by atoms with E-state index in [4.69, 9.17) is 0 Å². The van der Waals surface area contributed by atoms with Gasteiger partial charge in [0.15, 0.2) is 17.2 Å². The monoisotopic (exact) mass is 557 g/mol. The molecule has 0 saturated heterocycles. The molecule has 2 aromatic heterocycles. The highest BCUT2D eigenvalue weighted by atomic mass is 19.4. The van der Waals surface area contributed by atoms with Crippen LogP contribution in [0.5, 0.6) is 5.75 Å². The highest BCUT2D eigenvalue weighted by molar-refractivity contribution is 5.96. The van der Waals surface area contributed by atoms with Crippen LogP contribution in [0.15, 0.2) is 48.7 Å². The Morgan fingerprint density at radius 3 is 2.60 bits per heavy atom. The number of aromatic nitrogens is 3. The van der Waals surface area contributed by atoms with Gasteiger partial charge in [-0.1, -0.05) is 18.2 Å². The van der Waals surface area contributed by atoms with Crippen LogP contribution in [0.4, 0.5) is 23.2 Å². The fourth-order valence-corrected chi connectivity index (χ4v) is 4.49. The van der Waals surface area contributed by atoms with Gasteiger partial charge in [-0.05, 0) is 56.5 Å². The largest absolute Gasteiger partial charge is 0.505 e. The van der Waals surface area contributed by atoms with Crippen molar-refractivity contribution < 1.29 is 32.6 Å². The molecule has 40 heavy (non-hydrogen) atoms. The molecule has 0 aliphatic heterocycles. The molecule has 0 bridgehead atoms. The van der Waals surface area contributed by atoms with Gasteiger partial charge in [0, 0.05) is 29.3 Å². The number of alkyl halides is 3. The number of phenols is 1. The molecule has 1 unspecified atom stereocenters. The van der Waals surface area contributed by atoms with Crippen molar-refractivity contribution >= 4 is 17.2 Å². The van der Waals surface area contributed by atoms with E-state index in [1.807, 2.05) is 0 Å². The zero-order valence-electron chi connectivity index (χ0n) is 21.7. The van der Waals surface area contributed by atoms with Crippen LogP contribution < -0.4 is 10.6 Å². The van der Waals surface area contributed by atoms with Gasteiger partial charge in [0.25, 0.3) is 5.91 Å². The molecule has 4 N–H and O–H groups in total. The van der Waals surface area contributed by atoms with Crippen molar-refractivity contribution in [1.29, 1.82) is 0 Å². The topological polar surface area (TPSA) is 112 Å². The normalized spacial score (nSPS) is 15.2. The van der Waals surface area contributed by atoms with Gasteiger partial charge >= 0.3 is 6.18 Å². The minimum Gasteiger partial charge on any atom is -0.505 e. The highest BCUT2D eigenvalue weighted by Gasteiger charge is 2.34. The number of nitrogens with zero attached hydrogens (tertiary/aromatic N) is 3. The summed E-state index contributed by atoms with van der Waals surface area (Å²) in [6, 6.07) is 10.3. The fraction of sp³-hybridized carbons (Fsp3) is 0.321. The summed E-state index contributed by atoms with van der Waals surface area (Å²) in [7, 11) is 0. The molecular weight excluding hydrogens is 530 g/mol. The molecule has 1 aliphatic rings. The van der Waals surface area contributed by atoms with Crippen molar-refractivity contribution in [3.8, 4) is 17.0 Å². The number of carbonyl (C=O) groups is 1. The predicted octanol–water partition coefficient (Wildman–Crippen LogP) is 5.06. The first-order chi connectivity index (χ1) is 18.8. The van der Waals surface area contributed by atoms with Gasteiger partial charge in [0.1, 0.15) is 5.60 Å². The molecule has 1 aliphatic carbocycles. The number of hydrogen-bond acceptors (Lipinski definition) is 6. The Balaban J connectivity index is 1.60. The zero-order chi connectivity index (χ0) is 28.8. The summed E-state index contributed by atoms with van der Waals surface area (Å²) in [5.41, 5.74) is 0.305. The summed E-state index contributed by atoms with van der Waals surface area (Å²) in [6.45, 7) is 2.61. The smallest absolute Gasteiger partial charge is 0.390 e. The first-order valence-electron chi connectivity index (χ1n) is 12.7. The number of benzene rings is 2. The second kappa shape index (κ2) is 10.1. The Bertz CT molecular complexity index is 1600. The average molecular weight is 558 g/mol. The summed E-state index contributed by atoms with van der Waals surface area (Å²) in [5.74, 6) is -1.90. The van der Waals surface area contributed by atoms with Gasteiger partial charge in [0.05, 0.1) is 29.7 Å². The van der Waals surface area contributed by atoms with Crippen molar-refractivity contribution in [2.24, 2.45) is 0 Å². The number of phenolic OH excluding ortho intramolecular Hbond substituents is 1. The molecule has 5 rings (SSSR count). The van der Waals surface area contributed by atoms with E-state index in [0.29, 0.717) is 22.4 Å². The van der Waals surface area contributed by atoms with Crippen LogP contribution in [-0.4, -0.2) is 49.5 Å². The summed E-state index contributed by atoms with van der Waals surface area (Å²) in [6.07, 6.45) is -2.13. The molecule has 4 aromatic rings. The molecule has 1 saturated carbocycles. The number of aliphatic hydroxyl groups is 1. The molecule has 8 nitrogen and oxygen atoms in total. The molecule has 1 atom stereocenters. The number of para-hydroxylation sites is 1. The molecular formula is C28H27F4N5O3. The second-order valence-electron chi connectivity index (χ2n) is 10.1.